The summed E-state index contributed by atoms with van der Waals surface area (Å²) in [6.07, 6.45) is 5.43. The lowest BCUT2D eigenvalue weighted by molar-refractivity contribution is -0.124. The van der Waals surface area contributed by atoms with Gasteiger partial charge in [-0.15, -0.1) is 0 Å². The summed E-state index contributed by atoms with van der Waals surface area (Å²) < 4.78 is 11.1. The largest absolute Gasteiger partial charge is 0.497 e. The molecule has 1 amide bonds. The standard InChI is InChI=1S/C24H31NO3/c1-17(2)15-22(19-11-13-20(27-3)14-12-19)25-24(26)16-28-23-10-6-8-18-7-4-5-9-21(18)23/h6,8,10-14,17,22H,4-5,7,9,15-16H2,1-3H3,(H,25,26)/t22-/m1/s1. The van der Waals surface area contributed by atoms with E-state index in [1.54, 1.807) is 7.11 Å². The Balaban J connectivity index is 1.63. The lowest BCUT2D eigenvalue weighted by atomic mass is 9.91. The van der Waals surface area contributed by atoms with Crippen molar-refractivity contribution in [2.45, 2.75) is 52.0 Å². The van der Waals surface area contributed by atoms with Gasteiger partial charge in [0.05, 0.1) is 13.2 Å². The lowest BCUT2D eigenvalue weighted by Gasteiger charge is -2.22. The SMILES string of the molecule is COc1ccc([C@@H](CC(C)C)NC(=O)COc2cccc3c2CCCC3)cc1. The van der Waals surface area contributed by atoms with Crippen molar-refractivity contribution in [1.82, 2.24) is 5.32 Å². The summed E-state index contributed by atoms with van der Waals surface area (Å²) >= 11 is 0. The van der Waals surface area contributed by atoms with Crippen LogP contribution in [0, 0.1) is 5.92 Å². The molecule has 1 aliphatic carbocycles. The molecule has 4 heteroatoms. The van der Waals surface area contributed by atoms with Gasteiger partial charge >= 0.3 is 0 Å². The summed E-state index contributed by atoms with van der Waals surface area (Å²) in [5.41, 5.74) is 3.72. The molecule has 0 fully saturated rings. The van der Waals surface area contributed by atoms with Crippen molar-refractivity contribution in [3.63, 3.8) is 0 Å². The monoisotopic (exact) mass is 381 g/mol. The second-order valence-electron chi connectivity index (χ2n) is 7.91. The van der Waals surface area contributed by atoms with Crippen LogP contribution in [0.3, 0.4) is 0 Å². The number of aryl methyl sites for hydroxylation is 1. The molecule has 2 aromatic rings. The average Bonchev–Trinajstić information content (AvgIpc) is 2.71. The van der Waals surface area contributed by atoms with Crippen LogP contribution in [0.1, 0.15) is 55.8 Å². The molecule has 2 aromatic carbocycles. The van der Waals surface area contributed by atoms with Gasteiger partial charge in [0.1, 0.15) is 11.5 Å². The molecule has 3 rings (SSSR count). The van der Waals surface area contributed by atoms with Crippen LogP contribution < -0.4 is 14.8 Å². The van der Waals surface area contributed by atoms with E-state index in [4.69, 9.17) is 9.47 Å². The summed E-state index contributed by atoms with van der Waals surface area (Å²) in [5.74, 6) is 2.05. The highest BCUT2D eigenvalue weighted by Crippen LogP contribution is 2.29. The highest BCUT2D eigenvalue weighted by atomic mass is 16.5. The number of ether oxygens (including phenoxy) is 2. The van der Waals surface area contributed by atoms with Crippen LogP contribution in [0.15, 0.2) is 42.5 Å². The molecule has 1 aliphatic rings. The number of rotatable bonds is 8. The molecule has 0 heterocycles. The lowest BCUT2D eigenvalue weighted by Crippen LogP contribution is -2.33. The molecular weight excluding hydrogens is 350 g/mol. The van der Waals surface area contributed by atoms with Gasteiger partial charge in [0.25, 0.3) is 5.91 Å². The second kappa shape index (κ2) is 9.63. The van der Waals surface area contributed by atoms with Crippen LogP contribution in [-0.4, -0.2) is 19.6 Å². The second-order valence-corrected chi connectivity index (χ2v) is 7.91. The molecule has 0 radical (unpaired) electrons. The van der Waals surface area contributed by atoms with Gasteiger partial charge in [-0.25, -0.2) is 0 Å². The smallest absolute Gasteiger partial charge is 0.258 e. The van der Waals surface area contributed by atoms with Crippen LogP contribution in [0.2, 0.25) is 0 Å². The summed E-state index contributed by atoms with van der Waals surface area (Å²) in [7, 11) is 1.65. The Bertz CT molecular complexity index is 783. The van der Waals surface area contributed by atoms with Gasteiger partial charge in [0.15, 0.2) is 6.61 Å². The van der Waals surface area contributed by atoms with Gasteiger partial charge in [-0.2, -0.15) is 0 Å². The van der Waals surface area contributed by atoms with Gasteiger partial charge in [0, 0.05) is 0 Å². The summed E-state index contributed by atoms with van der Waals surface area (Å²) in [6.45, 7) is 4.37. The fourth-order valence-electron chi connectivity index (χ4n) is 3.85. The van der Waals surface area contributed by atoms with E-state index in [0.29, 0.717) is 5.92 Å². The van der Waals surface area contributed by atoms with Crippen molar-refractivity contribution < 1.29 is 14.3 Å². The predicted octanol–water partition coefficient (Wildman–Crippen LogP) is 4.86. The van der Waals surface area contributed by atoms with E-state index in [2.05, 4.69) is 25.2 Å². The number of hydrogen-bond donors (Lipinski definition) is 1. The van der Waals surface area contributed by atoms with Crippen molar-refractivity contribution in [2.75, 3.05) is 13.7 Å². The number of methoxy groups -OCH3 is 1. The topological polar surface area (TPSA) is 47.6 Å². The first-order valence-corrected chi connectivity index (χ1v) is 10.2. The van der Waals surface area contributed by atoms with E-state index in [1.165, 1.54) is 24.0 Å². The Kier molecular flexibility index (Phi) is 6.96. The van der Waals surface area contributed by atoms with Crippen molar-refractivity contribution in [3.8, 4) is 11.5 Å². The molecule has 28 heavy (non-hydrogen) atoms. The van der Waals surface area contributed by atoms with Crippen LogP contribution in [-0.2, 0) is 17.6 Å². The normalized spacial score (nSPS) is 14.3. The minimum Gasteiger partial charge on any atom is -0.497 e. The number of hydrogen-bond acceptors (Lipinski definition) is 3. The fourth-order valence-corrected chi connectivity index (χ4v) is 3.85. The first kappa shape index (κ1) is 20.2. The molecular formula is C24H31NO3. The predicted molar refractivity (Wildman–Crippen MR) is 112 cm³/mol. The molecule has 1 N–H and O–H groups in total. The van der Waals surface area contributed by atoms with E-state index >= 15 is 0 Å². The molecule has 4 nitrogen and oxygen atoms in total. The average molecular weight is 382 g/mol. The first-order chi connectivity index (χ1) is 13.6. The minimum atomic E-state index is -0.0881. The zero-order valence-electron chi connectivity index (χ0n) is 17.2. The van der Waals surface area contributed by atoms with Gasteiger partial charge in [-0.05, 0) is 72.9 Å². The number of fused-ring (bicyclic) bond motifs is 1. The van der Waals surface area contributed by atoms with Gasteiger partial charge < -0.3 is 14.8 Å². The van der Waals surface area contributed by atoms with E-state index in [9.17, 15) is 4.79 Å². The van der Waals surface area contributed by atoms with Crippen LogP contribution >= 0.6 is 0 Å². The Hall–Kier alpha value is -2.49. The van der Waals surface area contributed by atoms with Gasteiger partial charge in [0.2, 0.25) is 0 Å². The van der Waals surface area contributed by atoms with Crippen molar-refractivity contribution in [2.24, 2.45) is 5.92 Å². The molecule has 0 saturated heterocycles. The summed E-state index contributed by atoms with van der Waals surface area (Å²) in [6, 6.07) is 14.0. The quantitative estimate of drug-likeness (QED) is 0.711. The summed E-state index contributed by atoms with van der Waals surface area (Å²) in [4.78, 5) is 12.6. The Labute approximate surface area is 168 Å². The number of carbonyl (C=O) groups excluding carboxylic acids is 1. The van der Waals surface area contributed by atoms with Crippen LogP contribution in [0.5, 0.6) is 11.5 Å². The highest BCUT2D eigenvalue weighted by molar-refractivity contribution is 5.78. The maximum atomic E-state index is 12.6. The molecule has 0 saturated carbocycles. The highest BCUT2D eigenvalue weighted by Gasteiger charge is 2.18. The Morgan fingerprint density at radius 3 is 2.54 bits per heavy atom. The number of benzene rings is 2. The molecule has 0 aromatic heterocycles. The number of nitrogens with one attached hydrogen (secondary N) is 1. The van der Waals surface area contributed by atoms with Crippen molar-refractivity contribution >= 4 is 5.91 Å². The third-order valence-corrected chi connectivity index (χ3v) is 5.27. The molecule has 0 bridgehead atoms. The van der Waals surface area contributed by atoms with E-state index in [1.807, 2.05) is 36.4 Å². The third kappa shape index (κ3) is 5.28. The maximum absolute atomic E-state index is 12.6. The zero-order chi connectivity index (χ0) is 19.9. The number of amides is 1. The molecule has 150 valence electrons. The molecule has 0 aliphatic heterocycles. The first-order valence-electron chi connectivity index (χ1n) is 10.2. The summed E-state index contributed by atoms with van der Waals surface area (Å²) in [5, 5.41) is 3.15. The van der Waals surface area contributed by atoms with Crippen LogP contribution in [0.25, 0.3) is 0 Å². The van der Waals surface area contributed by atoms with Gasteiger partial charge in [-0.1, -0.05) is 38.1 Å². The Morgan fingerprint density at radius 2 is 1.82 bits per heavy atom. The van der Waals surface area contributed by atoms with Crippen molar-refractivity contribution in [3.05, 3.63) is 59.2 Å². The maximum Gasteiger partial charge on any atom is 0.258 e. The Morgan fingerprint density at radius 1 is 1.07 bits per heavy atom. The molecule has 1 atom stereocenters. The molecule has 0 unspecified atom stereocenters. The zero-order valence-corrected chi connectivity index (χ0v) is 17.2. The number of carbonyl (C=O) groups is 1. The van der Waals surface area contributed by atoms with E-state index < -0.39 is 0 Å². The minimum absolute atomic E-state index is 0.0355. The molecule has 0 spiro atoms. The van der Waals surface area contributed by atoms with E-state index in [-0.39, 0.29) is 18.6 Å². The van der Waals surface area contributed by atoms with E-state index in [0.717, 1.165) is 36.3 Å². The fraction of sp³-hybridized carbons (Fsp3) is 0.458. The van der Waals surface area contributed by atoms with Crippen molar-refractivity contribution in [1.29, 1.82) is 0 Å². The van der Waals surface area contributed by atoms with Gasteiger partial charge in [-0.3, -0.25) is 4.79 Å². The van der Waals surface area contributed by atoms with Crippen LogP contribution in [0.4, 0.5) is 0 Å². The third-order valence-electron chi connectivity index (χ3n) is 5.27.